The summed E-state index contributed by atoms with van der Waals surface area (Å²) in [5, 5.41) is 15.8. The van der Waals surface area contributed by atoms with Crippen molar-refractivity contribution in [3.05, 3.63) is 17.5 Å². The molecule has 120 valence electrons. The summed E-state index contributed by atoms with van der Waals surface area (Å²) < 4.78 is 7.38. The van der Waals surface area contributed by atoms with Gasteiger partial charge >= 0.3 is 0 Å². The molecule has 6 heteroatoms. The molecule has 0 aliphatic heterocycles. The molecule has 1 saturated carbocycles. The minimum absolute atomic E-state index is 0.122. The summed E-state index contributed by atoms with van der Waals surface area (Å²) in [4.78, 5) is 12.4. The van der Waals surface area contributed by atoms with E-state index in [2.05, 4.69) is 16.5 Å². The van der Waals surface area contributed by atoms with E-state index in [0.29, 0.717) is 25.1 Å². The van der Waals surface area contributed by atoms with Gasteiger partial charge in [0.25, 0.3) is 5.91 Å². The molecule has 0 radical (unpaired) electrons. The molecule has 1 aromatic heterocycles. The molecule has 1 N–H and O–H groups in total. The van der Waals surface area contributed by atoms with E-state index in [4.69, 9.17) is 10.00 Å². The zero-order chi connectivity index (χ0) is 16.0. The van der Waals surface area contributed by atoms with Crippen molar-refractivity contribution in [2.75, 3.05) is 13.7 Å². The van der Waals surface area contributed by atoms with E-state index in [-0.39, 0.29) is 11.5 Å². The topological polar surface area (TPSA) is 79.9 Å². The summed E-state index contributed by atoms with van der Waals surface area (Å²) in [6.07, 6.45) is 7.47. The number of aryl methyl sites for hydroxylation is 1. The molecule has 1 fully saturated rings. The van der Waals surface area contributed by atoms with Crippen molar-refractivity contribution in [2.45, 2.75) is 57.6 Å². The van der Waals surface area contributed by atoms with Gasteiger partial charge in [0.2, 0.25) is 0 Å². The molecule has 1 heterocycles. The van der Waals surface area contributed by atoms with Crippen molar-refractivity contribution in [3.8, 4) is 6.07 Å². The molecule has 0 saturated heterocycles. The fourth-order valence-electron chi connectivity index (χ4n) is 3.04. The highest BCUT2D eigenvalue weighted by atomic mass is 16.5. The average Bonchev–Trinajstić information content (AvgIpc) is 2.92. The van der Waals surface area contributed by atoms with Crippen molar-refractivity contribution in [1.82, 2.24) is 15.1 Å². The van der Waals surface area contributed by atoms with E-state index in [9.17, 15) is 4.79 Å². The zero-order valence-electron chi connectivity index (χ0n) is 13.4. The van der Waals surface area contributed by atoms with Gasteiger partial charge in [-0.3, -0.25) is 9.48 Å². The Morgan fingerprint density at radius 1 is 1.50 bits per heavy atom. The third-order valence-corrected chi connectivity index (χ3v) is 4.55. The molecule has 22 heavy (non-hydrogen) atoms. The number of hydrogen-bond donors (Lipinski definition) is 1. The molecule has 1 aliphatic carbocycles. The summed E-state index contributed by atoms with van der Waals surface area (Å²) in [5.74, 6) is -0.122. The molecule has 1 amide bonds. The summed E-state index contributed by atoms with van der Waals surface area (Å²) in [6, 6.07) is 2.08. The average molecular weight is 304 g/mol. The maximum atomic E-state index is 12.4. The quantitative estimate of drug-likeness (QED) is 0.873. The van der Waals surface area contributed by atoms with Gasteiger partial charge in [-0.1, -0.05) is 19.3 Å². The molecule has 6 nitrogen and oxygen atoms in total. The predicted octanol–water partition coefficient (Wildman–Crippen LogP) is 2.18. The number of nitrogens with zero attached hydrogens (tertiary/aromatic N) is 3. The lowest BCUT2D eigenvalue weighted by molar-refractivity contribution is -0.0364. The lowest BCUT2D eigenvalue weighted by Gasteiger charge is -2.36. The fourth-order valence-corrected chi connectivity index (χ4v) is 3.04. The second-order valence-electron chi connectivity index (χ2n) is 5.91. The van der Waals surface area contributed by atoms with Crippen molar-refractivity contribution < 1.29 is 9.53 Å². The van der Waals surface area contributed by atoms with Crippen LogP contribution in [0.3, 0.4) is 0 Å². The number of carbonyl (C=O) groups excluding carboxylic acids is 1. The highest BCUT2D eigenvalue weighted by molar-refractivity contribution is 5.95. The summed E-state index contributed by atoms with van der Waals surface area (Å²) in [5.41, 5.74) is 1.14. The number of hydrogen-bond acceptors (Lipinski definition) is 4. The first-order chi connectivity index (χ1) is 10.6. The number of aromatic nitrogens is 2. The maximum absolute atomic E-state index is 12.4. The van der Waals surface area contributed by atoms with E-state index < -0.39 is 0 Å². The van der Waals surface area contributed by atoms with Crippen LogP contribution >= 0.6 is 0 Å². The number of nitrogens with one attached hydrogen (secondary N) is 1. The Balaban J connectivity index is 1.97. The second kappa shape index (κ2) is 7.41. The lowest BCUT2D eigenvalue weighted by atomic mass is 9.84. The van der Waals surface area contributed by atoms with Crippen molar-refractivity contribution in [1.29, 1.82) is 5.26 Å². The summed E-state index contributed by atoms with van der Waals surface area (Å²) in [6.45, 7) is 2.90. The lowest BCUT2D eigenvalue weighted by Crippen LogP contribution is -2.45. The molecule has 1 aliphatic rings. The third-order valence-electron chi connectivity index (χ3n) is 4.55. The Hall–Kier alpha value is -1.87. The van der Waals surface area contributed by atoms with Crippen molar-refractivity contribution in [2.24, 2.45) is 0 Å². The zero-order valence-corrected chi connectivity index (χ0v) is 13.4. The second-order valence-corrected chi connectivity index (χ2v) is 5.91. The van der Waals surface area contributed by atoms with Gasteiger partial charge in [-0.05, 0) is 19.8 Å². The Kier molecular flexibility index (Phi) is 5.56. The molecule has 0 bridgehead atoms. The van der Waals surface area contributed by atoms with Crippen LogP contribution < -0.4 is 5.32 Å². The molecule has 0 spiro atoms. The molecule has 0 unspecified atom stereocenters. The van der Waals surface area contributed by atoms with Crippen LogP contribution in [0.15, 0.2) is 6.20 Å². The van der Waals surface area contributed by atoms with Crippen LogP contribution in [0.25, 0.3) is 0 Å². The van der Waals surface area contributed by atoms with Crippen LogP contribution in [0.2, 0.25) is 0 Å². The molecule has 0 atom stereocenters. The van der Waals surface area contributed by atoms with Gasteiger partial charge in [0, 0.05) is 19.3 Å². The van der Waals surface area contributed by atoms with E-state index in [1.165, 1.54) is 6.42 Å². The summed E-state index contributed by atoms with van der Waals surface area (Å²) in [7, 11) is 1.72. The first kappa shape index (κ1) is 16.5. The Bertz CT molecular complexity index is 553. The number of ether oxygens (including phenoxy) is 1. The largest absolute Gasteiger partial charge is 0.376 e. The molecule has 2 rings (SSSR count). The third kappa shape index (κ3) is 3.66. The number of rotatable bonds is 6. The predicted molar refractivity (Wildman–Crippen MR) is 82.4 cm³/mol. The Morgan fingerprint density at radius 3 is 2.86 bits per heavy atom. The van der Waals surface area contributed by atoms with E-state index in [1.807, 2.05) is 6.92 Å². The first-order valence-electron chi connectivity index (χ1n) is 7.84. The fraction of sp³-hybridized carbons (Fsp3) is 0.688. The van der Waals surface area contributed by atoms with E-state index in [1.54, 1.807) is 18.0 Å². The molecular weight excluding hydrogens is 280 g/mol. The van der Waals surface area contributed by atoms with Crippen molar-refractivity contribution in [3.63, 3.8) is 0 Å². The van der Waals surface area contributed by atoms with Crippen LogP contribution in [-0.4, -0.2) is 34.9 Å². The van der Waals surface area contributed by atoms with Gasteiger partial charge in [0.1, 0.15) is 0 Å². The molecular formula is C16H24N4O2. The van der Waals surface area contributed by atoms with E-state index >= 15 is 0 Å². The monoisotopic (exact) mass is 304 g/mol. The smallest absolute Gasteiger partial charge is 0.254 e. The van der Waals surface area contributed by atoms with Gasteiger partial charge in [0.15, 0.2) is 0 Å². The minimum atomic E-state index is -0.224. The van der Waals surface area contributed by atoms with Gasteiger partial charge in [0.05, 0.1) is 36.4 Å². The molecule has 0 aromatic carbocycles. The van der Waals surface area contributed by atoms with Gasteiger partial charge in [-0.25, -0.2) is 0 Å². The Morgan fingerprint density at radius 2 is 2.23 bits per heavy atom. The van der Waals surface area contributed by atoms with Crippen LogP contribution in [0.5, 0.6) is 0 Å². The summed E-state index contributed by atoms with van der Waals surface area (Å²) >= 11 is 0. The number of amides is 1. The standard InChI is InChI=1S/C16H24N4O2/c1-13-14(11-19-20(13)10-6-9-17)15(21)18-12-16(22-2)7-4-3-5-8-16/h11H,3-8,10,12H2,1-2H3,(H,18,21). The van der Waals surface area contributed by atoms with Gasteiger partial charge < -0.3 is 10.1 Å². The number of nitriles is 1. The van der Waals surface area contributed by atoms with Gasteiger partial charge in [-0.2, -0.15) is 10.4 Å². The maximum Gasteiger partial charge on any atom is 0.254 e. The number of methoxy groups -OCH3 is 1. The minimum Gasteiger partial charge on any atom is -0.376 e. The van der Waals surface area contributed by atoms with Crippen LogP contribution in [0, 0.1) is 18.3 Å². The van der Waals surface area contributed by atoms with Crippen LogP contribution in [-0.2, 0) is 11.3 Å². The van der Waals surface area contributed by atoms with E-state index in [0.717, 1.165) is 31.4 Å². The SMILES string of the molecule is COC1(CNC(=O)c2cnn(CCC#N)c2C)CCCCC1. The van der Waals surface area contributed by atoms with Crippen LogP contribution in [0.4, 0.5) is 0 Å². The number of carbonyl (C=O) groups is 1. The Labute approximate surface area is 131 Å². The first-order valence-corrected chi connectivity index (χ1v) is 7.84. The van der Waals surface area contributed by atoms with Crippen molar-refractivity contribution >= 4 is 5.91 Å². The van der Waals surface area contributed by atoms with Gasteiger partial charge in [-0.15, -0.1) is 0 Å². The highest BCUT2D eigenvalue weighted by Gasteiger charge is 2.32. The highest BCUT2D eigenvalue weighted by Crippen LogP contribution is 2.30. The molecule has 1 aromatic rings. The normalized spacial score (nSPS) is 17.0. The van der Waals surface area contributed by atoms with Crippen LogP contribution in [0.1, 0.15) is 54.6 Å².